The number of ketones is 1. The molecule has 0 aliphatic carbocycles. The van der Waals surface area contributed by atoms with Gasteiger partial charge in [0.05, 0.1) is 5.69 Å². The molecule has 1 heterocycles. The lowest BCUT2D eigenvalue weighted by Crippen LogP contribution is -2.10. The van der Waals surface area contributed by atoms with E-state index in [-0.39, 0.29) is 11.6 Å². The number of benzene rings is 2. The highest BCUT2D eigenvalue weighted by Gasteiger charge is 2.24. The van der Waals surface area contributed by atoms with Crippen molar-refractivity contribution in [3.05, 3.63) is 65.5 Å². The van der Waals surface area contributed by atoms with Crippen LogP contribution in [-0.2, 0) is 0 Å². The number of aliphatic imine (C=N–C) groups is 1. The summed E-state index contributed by atoms with van der Waals surface area (Å²) in [6, 6.07) is 13.0. The Balaban J connectivity index is 2.08. The van der Waals surface area contributed by atoms with Crippen molar-refractivity contribution in [3.63, 3.8) is 0 Å². The van der Waals surface area contributed by atoms with Crippen molar-refractivity contribution in [1.82, 2.24) is 0 Å². The quantitative estimate of drug-likeness (QED) is 0.733. The van der Waals surface area contributed by atoms with E-state index in [1.54, 1.807) is 30.3 Å². The Kier molecular flexibility index (Phi) is 2.11. The van der Waals surface area contributed by atoms with Gasteiger partial charge < -0.3 is 0 Å². The minimum atomic E-state index is -0.322. The molecule has 0 atom stereocenters. The molecule has 0 spiro atoms. The maximum atomic E-state index is 12.8. The average molecular weight is 225 g/mol. The first-order chi connectivity index (χ1) is 8.25. The van der Waals surface area contributed by atoms with Crippen molar-refractivity contribution in [3.8, 4) is 0 Å². The van der Waals surface area contributed by atoms with Crippen LogP contribution in [-0.4, -0.2) is 11.5 Å². The van der Waals surface area contributed by atoms with E-state index in [4.69, 9.17) is 0 Å². The summed E-state index contributed by atoms with van der Waals surface area (Å²) in [5.74, 6) is -0.426. The molecule has 0 fully saturated rings. The van der Waals surface area contributed by atoms with Crippen LogP contribution in [0.25, 0.3) is 0 Å². The number of Topliss-reactive ketones (excluding diaryl/α,β-unsaturated/α-hetero) is 1. The molecule has 0 saturated heterocycles. The van der Waals surface area contributed by atoms with Crippen LogP contribution in [0.4, 0.5) is 10.1 Å². The molecule has 2 aromatic carbocycles. The SMILES string of the molecule is O=C1C(c2ccc(F)cc2)=Nc2ccccc21. The Bertz CT molecular complexity index is 629. The van der Waals surface area contributed by atoms with E-state index in [1.165, 1.54) is 12.1 Å². The molecule has 0 radical (unpaired) electrons. The first-order valence-corrected chi connectivity index (χ1v) is 5.24. The van der Waals surface area contributed by atoms with E-state index in [0.29, 0.717) is 22.5 Å². The Labute approximate surface area is 97.4 Å². The van der Waals surface area contributed by atoms with Gasteiger partial charge in [-0.1, -0.05) is 12.1 Å². The van der Waals surface area contributed by atoms with Crippen LogP contribution in [0.1, 0.15) is 15.9 Å². The van der Waals surface area contributed by atoms with Gasteiger partial charge in [0.15, 0.2) is 0 Å². The average Bonchev–Trinajstić information content (AvgIpc) is 2.69. The molecule has 1 aliphatic heterocycles. The van der Waals surface area contributed by atoms with Crippen molar-refractivity contribution >= 4 is 17.2 Å². The molecule has 0 bridgehead atoms. The first-order valence-electron chi connectivity index (χ1n) is 5.24. The fourth-order valence-electron chi connectivity index (χ4n) is 1.87. The van der Waals surface area contributed by atoms with Gasteiger partial charge in [0.2, 0.25) is 5.78 Å². The summed E-state index contributed by atoms with van der Waals surface area (Å²) >= 11 is 0. The lowest BCUT2D eigenvalue weighted by molar-refractivity contribution is 0.107. The molecule has 0 saturated carbocycles. The van der Waals surface area contributed by atoms with Crippen LogP contribution >= 0.6 is 0 Å². The highest BCUT2D eigenvalue weighted by Crippen LogP contribution is 2.28. The zero-order chi connectivity index (χ0) is 11.8. The first kappa shape index (κ1) is 9.90. The Morgan fingerprint density at radius 1 is 0.941 bits per heavy atom. The molecule has 82 valence electrons. The molecule has 2 nitrogen and oxygen atoms in total. The zero-order valence-electron chi connectivity index (χ0n) is 8.85. The number of carbonyl (C=O) groups is 1. The minimum absolute atomic E-state index is 0.104. The topological polar surface area (TPSA) is 29.4 Å². The molecular weight excluding hydrogens is 217 g/mol. The van der Waals surface area contributed by atoms with Gasteiger partial charge in [0, 0.05) is 11.1 Å². The number of nitrogens with zero attached hydrogens (tertiary/aromatic N) is 1. The van der Waals surface area contributed by atoms with E-state index in [9.17, 15) is 9.18 Å². The van der Waals surface area contributed by atoms with Crippen molar-refractivity contribution in [2.45, 2.75) is 0 Å². The highest BCUT2D eigenvalue weighted by molar-refractivity contribution is 6.54. The molecule has 0 N–H and O–H groups in total. The number of carbonyl (C=O) groups excluding carboxylic acids is 1. The Morgan fingerprint density at radius 3 is 2.35 bits per heavy atom. The molecule has 2 aromatic rings. The largest absolute Gasteiger partial charge is 0.287 e. The Morgan fingerprint density at radius 2 is 1.65 bits per heavy atom. The van der Waals surface area contributed by atoms with Crippen LogP contribution in [0.15, 0.2) is 53.5 Å². The smallest absolute Gasteiger partial charge is 0.214 e. The van der Waals surface area contributed by atoms with Crippen molar-refractivity contribution < 1.29 is 9.18 Å². The maximum absolute atomic E-state index is 12.8. The number of fused-ring (bicyclic) bond motifs is 1. The van der Waals surface area contributed by atoms with Crippen LogP contribution in [0.5, 0.6) is 0 Å². The molecule has 0 unspecified atom stereocenters. The third-order valence-corrected chi connectivity index (χ3v) is 2.71. The van der Waals surface area contributed by atoms with Crippen LogP contribution < -0.4 is 0 Å². The molecule has 0 amide bonds. The van der Waals surface area contributed by atoms with Gasteiger partial charge in [-0.25, -0.2) is 9.38 Å². The molecule has 1 aliphatic rings. The van der Waals surface area contributed by atoms with Crippen LogP contribution in [0.2, 0.25) is 0 Å². The van der Waals surface area contributed by atoms with Gasteiger partial charge in [0.25, 0.3) is 0 Å². The van der Waals surface area contributed by atoms with Gasteiger partial charge >= 0.3 is 0 Å². The van der Waals surface area contributed by atoms with Gasteiger partial charge in [-0.05, 0) is 36.4 Å². The second-order valence-electron chi connectivity index (χ2n) is 3.81. The lowest BCUT2D eigenvalue weighted by Gasteiger charge is -1.98. The summed E-state index contributed by atoms with van der Waals surface area (Å²) < 4.78 is 12.8. The number of rotatable bonds is 1. The van der Waals surface area contributed by atoms with Crippen molar-refractivity contribution in [2.24, 2.45) is 4.99 Å². The second kappa shape index (κ2) is 3.63. The normalized spacial score (nSPS) is 13.5. The fraction of sp³-hybridized carbons (Fsp3) is 0. The summed E-state index contributed by atoms with van der Waals surface area (Å²) in [7, 11) is 0. The van der Waals surface area contributed by atoms with Gasteiger partial charge in [0.1, 0.15) is 11.5 Å². The monoisotopic (exact) mass is 225 g/mol. The van der Waals surface area contributed by atoms with E-state index in [0.717, 1.165) is 0 Å². The molecule has 3 rings (SSSR count). The summed E-state index contributed by atoms with van der Waals surface area (Å²) in [6.07, 6.45) is 0. The third kappa shape index (κ3) is 1.56. The molecule has 17 heavy (non-hydrogen) atoms. The number of hydrogen-bond acceptors (Lipinski definition) is 2. The fourth-order valence-corrected chi connectivity index (χ4v) is 1.87. The van der Waals surface area contributed by atoms with Gasteiger partial charge in [-0.15, -0.1) is 0 Å². The van der Waals surface area contributed by atoms with E-state index >= 15 is 0 Å². The molecule has 0 aromatic heterocycles. The summed E-state index contributed by atoms with van der Waals surface area (Å²) in [6.45, 7) is 0. The zero-order valence-corrected chi connectivity index (χ0v) is 8.85. The number of halogens is 1. The standard InChI is InChI=1S/C14H8FNO/c15-10-7-5-9(6-8-10)13-14(17)11-3-1-2-4-12(11)16-13/h1-8H. The predicted octanol–water partition coefficient (Wildman–Crippen LogP) is 3.14. The summed E-state index contributed by atoms with van der Waals surface area (Å²) in [5, 5.41) is 0. The minimum Gasteiger partial charge on any atom is -0.287 e. The summed E-state index contributed by atoms with van der Waals surface area (Å²) in [5.41, 5.74) is 2.31. The van der Waals surface area contributed by atoms with Crippen LogP contribution in [0, 0.1) is 5.82 Å². The molecule has 3 heteroatoms. The van der Waals surface area contributed by atoms with Gasteiger partial charge in [-0.2, -0.15) is 0 Å². The third-order valence-electron chi connectivity index (χ3n) is 2.71. The second-order valence-corrected chi connectivity index (χ2v) is 3.81. The highest BCUT2D eigenvalue weighted by atomic mass is 19.1. The Hall–Kier alpha value is -2.29. The van der Waals surface area contributed by atoms with Gasteiger partial charge in [-0.3, -0.25) is 4.79 Å². The maximum Gasteiger partial charge on any atom is 0.214 e. The molecular formula is C14H8FNO. The van der Waals surface area contributed by atoms with Crippen molar-refractivity contribution in [1.29, 1.82) is 0 Å². The van der Waals surface area contributed by atoms with Crippen LogP contribution in [0.3, 0.4) is 0 Å². The van der Waals surface area contributed by atoms with E-state index < -0.39 is 0 Å². The van der Waals surface area contributed by atoms with E-state index in [1.807, 2.05) is 6.07 Å². The van der Waals surface area contributed by atoms with Crippen molar-refractivity contribution in [2.75, 3.05) is 0 Å². The number of para-hydroxylation sites is 1. The van der Waals surface area contributed by atoms with E-state index in [2.05, 4.69) is 4.99 Å². The lowest BCUT2D eigenvalue weighted by atomic mass is 10.0. The summed E-state index contributed by atoms with van der Waals surface area (Å²) in [4.78, 5) is 16.3. The number of hydrogen-bond donors (Lipinski definition) is 0. The predicted molar refractivity (Wildman–Crippen MR) is 63.4 cm³/mol.